The van der Waals surface area contributed by atoms with E-state index in [4.69, 9.17) is 4.74 Å². The molecule has 0 fully saturated rings. The minimum absolute atomic E-state index is 0.0946. The van der Waals surface area contributed by atoms with E-state index in [1.807, 2.05) is 51.1 Å². The van der Waals surface area contributed by atoms with Gasteiger partial charge in [-0.3, -0.25) is 4.79 Å². The van der Waals surface area contributed by atoms with Crippen LogP contribution in [0.4, 0.5) is 0 Å². The van der Waals surface area contributed by atoms with E-state index in [-0.39, 0.29) is 24.7 Å². The van der Waals surface area contributed by atoms with Gasteiger partial charge in [-0.25, -0.2) is 0 Å². The van der Waals surface area contributed by atoms with Gasteiger partial charge in [0.05, 0.1) is 24.9 Å². The maximum atomic E-state index is 11.6. The van der Waals surface area contributed by atoms with Crippen LogP contribution in [-0.2, 0) is 16.1 Å². The van der Waals surface area contributed by atoms with Crippen LogP contribution in [0.1, 0.15) is 26.3 Å². The number of rotatable bonds is 8. The van der Waals surface area contributed by atoms with Crippen molar-refractivity contribution < 1.29 is 14.6 Å². The summed E-state index contributed by atoms with van der Waals surface area (Å²) in [5, 5.41) is 15.4. The zero-order valence-electron chi connectivity index (χ0n) is 13.1. The van der Waals surface area contributed by atoms with Crippen molar-refractivity contribution in [3.63, 3.8) is 0 Å². The van der Waals surface area contributed by atoms with Crippen LogP contribution in [0.25, 0.3) is 0 Å². The molecule has 0 aromatic heterocycles. The van der Waals surface area contributed by atoms with Gasteiger partial charge in [0.1, 0.15) is 0 Å². The summed E-state index contributed by atoms with van der Waals surface area (Å²) < 4.78 is 5.46. The smallest absolute Gasteiger partial charge is 0.234 e. The lowest BCUT2D eigenvalue weighted by atomic mass is 10.2. The zero-order chi connectivity index (χ0) is 15.7. The lowest BCUT2D eigenvalue weighted by Gasteiger charge is -2.22. The first kappa shape index (κ1) is 17.6. The van der Waals surface area contributed by atoms with Crippen LogP contribution in [0.3, 0.4) is 0 Å². The molecular weight excluding hydrogens is 268 g/mol. The van der Waals surface area contributed by atoms with E-state index in [0.29, 0.717) is 13.1 Å². The highest BCUT2D eigenvalue weighted by atomic mass is 16.5. The number of aliphatic hydroxyl groups excluding tert-OH is 1. The molecule has 3 N–H and O–H groups in total. The molecular formula is C16H26N2O3. The summed E-state index contributed by atoms with van der Waals surface area (Å²) in [6, 6.07) is 9.73. The zero-order valence-corrected chi connectivity index (χ0v) is 13.1. The van der Waals surface area contributed by atoms with Crippen molar-refractivity contribution >= 4 is 5.91 Å². The second-order valence-electron chi connectivity index (χ2n) is 5.97. The van der Waals surface area contributed by atoms with Crippen molar-refractivity contribution in [2.45, 2.75) is 39.0 Å². The molecule has 0 saturated heterocycles. The number of benzene rings is 1. The predicted octanol–water partition coefficient (Wildman–Crippen LogP) is 1.07. The van der Waals surface area contributed by atoms with E-state index in [9.17, 15) is 9.90 Å². The van der Waals surface area contributed by atoms with E-state index in [0.717, 1.165) is 5.56 Å². The number of hydrogen-bond donors (Lipinski definition) is 3. The van der Waals surface area contributed by atoms with Crippen LogP contribution in [0.15, 0.2) is 30.3 Å². The van der Waals surface area contributed by atoms with E-state index in [2.05, 4.69) is 10.6 Å². The molecule has 1 amide bonds. The second-order valence-corrected chi connectivity index (χ2v) is 5.97. The average Bonchev–Trinajstić information content (AvgIpc) is 2.43. The molecule has 0 aliphatic carbocycles. The Bertz CT molecular complexity index is 415. The number of nitrogens with one attached hydrogen (secondary N) is 2. The number of carbonyl (C=O) groups excluding carboxylic acids is 1. The molecule has 0 spiro atoms. The van der Waals surface area contributed by atoms with Crippen LogP contribution >= 0.6 is 0 Å². The topological polar surface area (TPSA) is 70.6 Å². The largest absolute Gasteiger partial charge is 0.389 e. The molecule has 0 radical (unpaired) electrons. The molecule has 0 heterocycles. The monoisotopic (exact) mass is 294 g/mol. The van der Waals surface area contributed by atoms with Crippen molar-refractivity contribution in [3.8, 4) is 0 Å². The first-order valence-corrected chi connectivity index (χ1v) is 7.20. The van der Waals surface area contributed by atoms with E-state index in [1.165, 1.54) is 0 Å². The van der Waals surface area contributed by atoms with Gasteiger partial charge < -0.3 is 20.5 Å². The quantitative estimate of drug-likeness (QED) is 0.671. The van der Waals surface area contributed by atoms with Gasteiger partial charge in [0.2, 0.25) is 5.91 Å². The third-order valence-electron chi connectivity index (χ3n) is 2.71. The van der Waals surface area contributed by atoms with Crippen LogP contribution in [0, 0.1) is 0 Å². The highest BCUT2D eigenvalue weighted by Gasteiger charge is 2.13. The Balaban J connectivity index is 2.10. The fourth-order valence-electron chi connectivity index (χ4n) is 1.62. The third kappa shape index (κ3) is 9.18. The summed E-state index contributed by atoms with van der Waals surface area (Å²) in [6.07, 6.45) is -0.619. The van der Waals surface area contributed by atoms with Crippen LogP contribution in [-0.4, -0.2) is 42.4 Å². The predicted molar refractivity (Wildman–Crippen MR) is 82.9 cm³/mol. The molecule has 1 aromatic rings. The number of amides is 1. The minimum atomic E-state index is -0.619. The van der Waals surface area contributed by atoms with Gasteiger partial charge in [0.15, 0.2) is 0 Å². The van der Waals surface area contributed by atoms with Crippen LogP contribution in [0.2, 0.25) is 0 Å². The molecule has 1 rings (SSSR count). The number of aliphatic hydroxyl groups is 1. The molecule has 1 unspecified atom stereocenters. The maximum Gasteiger partial charge on any atom is 0.234 e. The number of hydrogen-bond acceptors (Lipinski definition) is 4. The van der Waals surface area contributed by atoms with Crippen molar-refractivity contribution in [3.05, 3.63) is 35.9 Å². The molecule has 5 heteroatoms. The van der Waals surface area contributed by atoms with Gasteiger partial charge >= 0.3 is 0 Å². The Morgan fingerprint density at radius 2 is 1.95 bits per heavy atom. The van der Waals surface area contributed by atoms with Gasteiger partial charge in [-0.2, -0.15) is 0 Å². The van der Waals surface area contributed by atoms with Crippen molar-refractivity contribution in [2.24, 2.45) is 0 Å². The first-order valence-electron chi connectivity index (χ1n) is 7.20. The fraction of sp³-hybridized carbons (Fsp3) is 0.562. The summed E-state index contributed by atoms with van der Waals surface area (Å²) in [4.78, 5) is 11.6. The molecule has 21 heavy (non-hydrogen) atoms. The summed E-state index contributed by atoms with van der Waals surface area (Å²) in [7, 11) is 0. The summed E-state index contributed by atoms with van der Waals surface area (Å²) in [5.74, 6) is -0.0946. The Hall–Kier alpha value is -1.43. The average molecular weight is 294 g/mol. The molecule has 0 saturated carbocycles. The minimum Gasteiger partial charge on any atom is -0.389 e. The molecule has 0 aliphatic heterocycles. The van der Waals surface area contributed by atoms with Gasteiger partial charge in [0, 0.05) is 13.1 Å². The van der Waals surface area contributed by atoms with Gasteiger partial charge in [0.25, 0.3) is 0 Å². The molecule has 0 aliphatic rings. The molecule has 1 aromatic carbocycles. The Morgan fingerprint density at radius 1 is 1.29 bits per heavy atom. The highest BCUT2D eigenvalue weighted by Crippen LogP contribution is 2.06. The van der Waals surface area contributed by atoms with Crippen LogP contribution in [0.5, 0.6) is 0 Å². The first-order chi connectivity index (χ1) is 9.87. The van der Waals surface area contributed by atoms with Crippen molar-refractivity contribution in [2.75, 3.05) is 19.7 Å². The third-order valence-corrected chi connectivity index (χ3v) is 2.71. The van der Waals surface area contributed by atoms with Gasteiger partial charge in [-0.15, -0.1) is 0 Å². The molecule has 1 atom stereocenters. The standard InChI is InChI=1S/C16H26N2O3/c1-16(2,3)21-12-14(19)10-17-11-15(20)18-9-13-7-5-4-6-8-13/h4-8,14,17,19H,9-12H2,1-3H3,(H,18,20). The second kappa shape index (κ2) is 8.77. The summed E-state index contributed by atoms with van der Waals surface area (Å²) >= 11 is 0. The summed E-state index contributed by atoms with van der Waals surface area (Å²) in [6.45, 7) is 7.08. The Kier molecular flexibility index (Phi) is 7.36. The SMILES string of the molecule is CC(C)(C)OCC(O)CNCC(=O)NCc1ccccc1. The van der Waals surface area contributed by atoms with E-state index >= 15 is 0 Å². The maximum absolute atomic E-state index is 11.6. The van der Waals surface area contributed by atoms with Gasteiger partial charge in [-0.1, -0.05) is 30.3 Å². The Labute approximate surface area is 126 Å². The normalized spacial score (nSPS) is 13.0. The van der Waals surface area contributed by atoms with E-state index < -0.39 is 6.10 Å². The molecule has 118 valence electrons. The van der Waals surface area contributed by atoms with Crippen molar-refractivity contribution in [1.29, 1.82) is 0 Å². The highest BCUT2D eigenvalue weighted by molar-refractivity contribution is 5.77. The van der Waals surface area contributed by atoms with Gasteiger partial charge in [-0.05, 0) is 26.3 Å². The Morgan fingerprint density at radius 3 is 2.57 bits per heavy atom. The fourth-order valence-corrected chi connectivity index (χ4v) is 1.62. The lowest BCUT2D eigenvalue weighted by molar-refractivity contribution is -0.120. The molecule has 0 bridgehead atoms. The van der Waals surface area contributed by atoms with Crippen LogP contribution < -0.4 is 10.6 Å². The molecule has 5 nitrogen and oxygen atoms in total. The van der Waals surface area contributed by atoms with E-state index in [1.54, 1.807) is 0 Å². The summed E-state index contributed by atoms with van der Waals surface area (Å²) in [5.41, 5.74) is 0.790. The number of carbonyl (C=O) groups is 1. The number of ether oxygens (including phenoxy) is 1. The van der Waals surface area contributed by atoms with Crippen molar-refractivity contribution in [1.82, 2.24) is 10.6 Å². The lowest BCUT2D eigenvalue weighted by Crippen LogP contribution is -2.39.